The number of hydrogen-bond donors (Lipinski definition) is 3. The molecule has 0 fully saturated rings. The number of ether oxygens (including phenoxy) is 1. The summed E-state index contributed by atoms with van der Waals surface area (Å²) in [7, 11) is 0. The third-order valence-corrected chi connectivity index (χ3v) is 6.29. The summed E-state index contributed by atoms with van der Waals surface area (Å²) in [6.07, 6.45) is -0.317. The van der Waals surface area contributed by atoms with Crippen molar-refractivity contribution in [1.82, 2.24) is 10.2 Å². The number of primary amides is 1. The number of nitrogens with one attached hydrogen (secondary N) is 1. The highest BCUT2D eigenvalue weighted by molar-refractivity contribution is 5.91. The molecule has 4 rings (SSSR count). The molecular weight excluding hydrogens is 474 g/mol. The minimum Gasteiger partial charge on any atom is -0.478 e. The van der Waals surface area contributed by atoms with E-state index in [1.165, 1.54) is 17.0 Å². The van der Waals surface area contributed by atoms with Crippen LogP contribution in [0.15, 0.2) is 78.9 Å². The van der Waals surface area contributed by atoms with Crippen LogP contribution in [0, 0.1) is 0 Å². The normalized spacial score (nSPS) is 15.2. The Morgan fingerprint density at radius 1 is 0.919 bits per heavy atom. The molecule has 9 heteroatoms. The number of benzene rings is 3. The topological polar surface area (TPSA) is 139 Å². The molecule has 0 aromatic heterocycles. The molecule has 0 bridgehead atoms. The van der Waals surface area contributed by atoms with E-state index in [1.807, 2.05) is 54.6 Å². The number of carbonyl (C=O) groups is 4. The number of nitrogens with two attached hydrogens (primary N) is 1. The van der Waals surface area contributed by atoms with Gasteiger partial charge < -0.3 is 20.9 Å². The Morgan fingerprint density at radius 2 is 1.57 bits per heavy atom. The molecule has 37 heavy (non-hydrogen) atoms. The summed E-state index contributed by atoms with van der Waals surface area (Å²) in [5, 5.41) is 11.8. The number of carbonyl (C=O) groups excluding carboxylic acids is 3. The smallest absolute Gasteiger partial charge is 0.411 e. The fourth-order valence-corrected chi connectivity index (χ4v) is 4.26. The van der Waals surface area contributed by atoms with Crippen LogP contribution >= 0.6 is 0 Å². The van der Waals surface area contributed by atoms with Gasteiger partial charge in [-0.15, -0.1) is 0 Å². The molecule has 0 spiro atoms. The van der Waals surface area contributed by atoms with E-state index in [-0.39, 0.29) is 31.6 Å². The summed E-state index contributed by atoms with van der Waals surface area (Å²) in [6, 6.07) is 20.8. The van der Waals surface area contributed by atoms with Crippen molar-refractivity contribution in [1.29, 1.82) is 0 Å². The minimum absolute atomic E-state index is 0.0579. The van der Waals surface area contributed by atoms with Gasteiger partial charge in [-0.25, -0.2) is 9.59 Å². The van der Waals surface area contributed by atoms with Crippen LogP contribution in [0.2, 0.25) is 0 Å². The van der Waals surface area contributed by atoms with Crippen LogP contribution in [0.1, 0.15) is 32.6 Å². The Kier molecular flexibility index (Phi) is 7.83. The van der Waals surface area contributed by atoms with E-state index in [1.54, 1.807) is 12.1 Å². The highest BCUT2D eigenvalue weighted by Crippen LogP contribution is 2.25. The van der Waals surface area contributed by atoms with Crippen LogP contribution in [-0.2, 0) is 40.3 Å². The molecule has 1 heterocycles. The zero-order valence-electron chi connectivity index (χ0n) is 20.0. The van der Waals surface area contributed by atoms with Crippen LogP contribution in [0.25, 0.3) is 0 Å². The van der Waals surface area contributed by atoms with E-state index >= 15 is 0 Å². The number of nitrogens with zero attached hydrogens (tertiary/aromatic N) is 1. The third-order valence-electron chi connectivity index (χ3n) is 6.29. The highest BCUT2D eigenvalue weighted by Gasteiger charge is 2.37. The van der Waals surface area contributed by atoms with Crippen molar-refractivity contribution in [2.75, 3.05) is 0 Å². The van der Waals surface area contributed by atoms with Gasteiger partial charge in [-0.1, -0.05) is 66.7 Å². The zero-order valence-corrected chi connectivity index (χ0v) is 20.0. The SMILES string of the molecule is NC(=O)[C@H](Cc1ccc(C(=O)O)cc1)NC(=O)[C@@H]1Cc2ccccc2CN1C(=O)OCc1ccccc1. The quantitative estimate of drug-likeness (QED) is 0.434. The van der Waals surface area contributed by atoms with Crippen molar-refractivity contribution < 1.29 is 29.0 Å². The fourth-order valence-electron chi connectivity index (χ4n) is 4.26. The van der Waals surface area contributed by atoms with E-state index in [0.717, 1.165) is 16.7 Å². The van der Waals surface area contributed by atoms with E-state index in [4.69, 9.17) is 15.6 Å². The minimum atomic E-state index is -1.07. The maximum Gasteiger partial charge on any atom is 0.411 e. The average molecular weight is 502 g/mol. The van der Waals surface area contributed by atoms with Crippen LogP contribution in [0.4, 0.5) is 4.79 Å². The van der Waals surface area contributed by atoms with E-state index in [0.29, 0.717) is 5.56 Å². The van der Waals surface area contributed by atoms with E-state index < -0.39 is 36.0 Å². The Balaban J connectivity index is 1.50. The first kappa shape index (κ1) is 25.4. The fraction of sp³-hybridized carbons (Fsp3) is 0.214. The number of carboxylic acids is 1. The lowest BCUT2D eigenvalue weighted by molar-refractivity contribution is -0.131. The number of rotatable bonds is 8. The first-order chi connectivity index (χ1) is 17.8. The summed E-state index contributed by atoms with van der Waals surface area (Å²) in [6.45, 7) is 0.238. The molecule has 3 amide bonds. The van der Waals surface area contributed by atoms with Crippen LogP contribution < -0.4 is 11.1 Å². The maximum absolute atomic E-state index is 13.4. The molecule has 3 aromatic rings. The number of carboxylic acid groups (broad SMARTS) is 1. The first-order valence-corrected chi connectivity index (χ1v) is 11.8. The van der Waals surface area contributed by atoms with Gasteiger partial charge in [0.25, 0.3) is 0 Å². The van der Waals surface area contributed by atoms with Gasteiger partial charge in [-0.05, 0) is 34.4 Å². The summed E-state index contributed by atoms with van der Waals surface area (Å²) >= 11 is 0. The third kappa shape index (κ3) is 6.32. The molecule has 1 aliphatic heterocycles. The Labute approximate surface area is 213 Å². The molecule has 9 nitrogen and oxygen atoms in total. The van der Waals surface area contributed by atoms with Crippen LogP contribution in [0.3, 0.4) is 0 Å². The molecule has 0 saturated carbocycles. The van der Waals surface area contributed by atoms with Gasteiger partial charge >= 0.3 is 12.1 Å². The van der Waals surface area contributed by atoms with Gasteiger partial charge in [0, 0.05) is 12.8 Å². The summed E-state index contributed by atoms with van der Waals surface area (Å²) in [5.74, 6) is -2.34. The second-order valence-corrected chi connectivity index (χ2v) is 8.83. The molecule has 3 aromatic carbocycles. The maximum atomic E-state index is 13.4. The molecule has 190 valence electrons. The standard InChI is InChI=1S/C28H27N3O6/c29-25(32)23(14-18-10-12-20(13-11-18)27(34)35)30-26(33)24-15-21-8-4-5-9-22(21)16-31(24)28(36)37-17-19-6-2-1-3-7-19/h1-13,23-24H,14-17H2,(H2,29,32)(H,30,33)(H,34,35)/t23-,24-/m0/s1. The monoisotopic (exact) mass is 501 g/mol. The Morgan fingerprint density at radius 3 is 2.22 bits per heavy atom. The van der Waals surface area contributed by atoms with Crippen LogP contribution in [-0.4, -0.2) is 46.0 Å². The zero-order chi connectivity index (χ0) is 26.4. The highest BCUT2D eigenvalue weighted by atomic mass is 16.6. The molecule has 0 unspecified atom stereocenters. The Hall–Kier alpha value is -4.66. The lowest BCUT2D eigenvalue weighted by Crippen LogP contribution is -2.56. The van der Waals surface area contributed by atoms with Gasteiger partial charge in [-0.3, -0.25) is 14.5 Å². The second-order valence-electron chi connectivity index (χ2n) is 8.83. The molecule has 0 radical (unpaired) electrons. The largest absolute Gasteiger partial charge is 0.478 e. The number of amides is 3. The second kappa shape index (κ2) is 11.4. The van der Waals surface area contributed by atoms with Gasteiger partial charge in [0.1, 0.15) is 18.7 Å². The molecule has 0 aliphatic carbocycles. The number of aromatic carboxylic acids is 1. The summed E-state index contributed by atoms with van der Waals surface area (Å²) in [5.41, 5.74) is 8.96. The average Bonchev–Trinajstić information content (AvgIpc) is 2.91. The van der Waals surface area contributed by atoms with Crippen molar-refractivity contribution in [3.05, 3.63) is 107 Å². The van der Waals surface area contributed by atoms with E-state index in [2.05, 4.69) is 5.32 Å². The summed E-state index contributed by atoms with van der Waals surface area (Å²) < 4.78 is 5.51. The predicted molar refractivity (Wildman–Crippen MR) is 134 cm³/mol. The van der Waals surface area contributed by atoms with Gasteiger partial charge in [0.15, 0.2) is 0 Å². The van der Waals surface area contributed by atoms with Gasteiger partial charge in [0.05, 0.1) is 12.1 Å². The molecule has 1 aliphatic rings. The van der Waals surface area contributed by atoms with Gasteiger partial charge in [0.2, 0.25) is 11.8 Å². The summed E-state index contributed by atoms with van der Waals surface area (Å²) in [4.78, 5) is 51.1. The van der Waals surface area contributed by atoms with Crippen molar-refractivity contribution in [2.24, 2.45) is 5.73 Å². The van der Waals surface area contributed by atoms with Gasteiger partial charge in [-0.2, -0.15) is 0 Å². The van der Waals surface area contributed by atoms with Crippen molar-refractivity contribution in [3.63, 3.8) is 0 Å². The molecular formula is C28H27N3O6. The van der Waals surface area contributed by atoms with Crippen molar-refractivity contribution in [2.45, 2.75) is 38.1 Å². The Bertz CT molecular complexity index is 1290. The molecule has 4 N–H and O–H groups in total. The number of fused-ring (bicyclic) bond motifs is 1. The molecule has 0 saturated heterocycles. The molecule has 2 atom stereocenters. The lowest BCUT2D eigenvalue weighted by Gasteiger charge is -2.35. The van der Waals surface area contributed by atoms with Crippen molar-refractivity contribution >= 4 is 23.9 Å². The van der Waals surface area contributed by atoms with Crippen LogP contribution in [0.5, 0.6) is 0 Å². The van der Waals surface area contributed by atoms with E-state index in [9.17, 15) is 19.2 Å². The lowest BCUT2D eigenvalue weighted by atomic mass is 9.93. The predicted octanol–water partition coefficient (Wildman–Crippen LogP) is 2.66. The first-order valence-electron chi connectivity index (χ1n) is 11.8. The number of hydrogen-bond acceptors (Lipinski definition) is 5. The van der Waals surface area contributed by atoms with Crippen molar-refractivity contribution in [3.8, 4) is 0 Å².